The van der Waals surface area contributed by atoms with Gasteiger partial charge < -0.3 is 10.6 Å². The summed E-state index contributed by atoms with van der Waals surface area (Å²) < 4.78 is 12.9. The molecule has 6 nitrogen and oxygen atoms in total. The van der Waals surface area contributed by atoms with Crippen molar-refractivity contribution in [2.45, 2.75) is 18.7 Å². The maximum atomic E-state index is 12.9. The van der Waals surface area contributed by atoms with E-state index in [-0.39, 0.29) is 28.6 Å². The number of piperazine rings is 1. The van der Waals surface area contributed by atoms with Gasteiger partial charge in [0.2, 0.25) is 11.8 Å². The van der Waals surface area contributed by atoms with E-state index in [0.29, 0.717) is 12.2 Å². The fourth-order valence-corrected chi connectivity index (χ4v) is 4.21. The number of benzene rings is 2. The van der Waals surface area contributed by atoms with E-state index in [9.17, 15) is 14.0 Å². The Morgan fingerprint density at radius 2 is 1.66 bits per heavy atom. The van der Waals surface area contributed by atoms with Crippen LogP contribution < -0.4 is 10.6 Å². The summed E-state index contributed by atoms with van der Waals surface area (Å²) >= 11 is 1.28. The average Bonchev–Trinajstić information content (AvgIpc) is 2.81. The molecule has 1 unspecified atom stereocenters. The number of hydrogen-bond donors (Lipinski definition) is 2. The van der Waals surface area contributed by atoms with Crippen molar-refractivity contribution < 1.29 is 14.0 Å². The normalized spacial score (nSPS) is 15.8. The van der Waals surface area contributed by atoms with Gasteiger partial charge in [-0.1, -0.05) is 30.3 Å². The zero-order valence-electron chi connectivity index (χ0n) is 18.4. The number of thioether (sulfide) groups is 1. The topological polar surface area (TPSA) is 64.7 Å². The van der Waals surface area contributed by atoms with Gasteiger partial charge in [-0.05, 0) is 36.8 Å². The molecule has 0 aromatic heterocycles. The van der Waals surface area contributed by atoms with E-state index in [2.05, 4.69) is 44.7 Å². The minimum Gasteiger partial charge on any atom is -0.354 e. The Labute approximate surface area is 193 Å². The van der Waals surface area contributed by atoms with E-state index in [1.54, 1.807) is 6.92 Å². The average molecular weight is 459 g/mol. The van der Waals surface area contributed by atoms with Gasteiger partial charge in [0.25, 0.3) is 0 Å². The minimum absolute atomic E-state index is 0.0627. The summed E-state index contributed by atoms with van der Waals surface area (Å²) in [5, 5.41) is 5.35. The Balaban J connectivity index is 1.26. The van der Waals surface area contributed by atoms with Crippen LogP contribution in [0.4, 0.5) is 10.1 Å². The number of nitrogens with one attached hydrogen (secondary N) is 2. The summed E-state index contributed by atoms with van der Waals surface area (Å²) in [6, 6.07) is 16.1. The van der Waals surface area contributed by atoms with Gasteiger partial charge in [-0.3, -0.25) is 19.4 Å². The van der Waals surface area contributed by atoms with Crippen LogP contribution in [0.1, 0.15) is 12.5 Å². The molecule has 1 aliphatic heterocycles. The molecule has 1 aliphatic rings. The van der Waals surface area contributed by atoms with Gasteiger partial charge in [-0.2, -0.15) is 0 Å². The van der Waals surface area contributed by atoms with Crippen molar-refractivity contribution in [2.24, 2.45) is 0 Å². The zero-order chi connectivity index (χ0) is 22.8. The molecular weight excluding hydrogens is 427 g/mol. The van der Waals surface area contributed by atoms with Gasteiger partial charge in [0, 0.05) is 51.5 Å². The molecule has 0 aliphatic carbocycles. The zero-order valence-corrected chi connectivity index (χ0v) is 19.2. The first-order chi connectivity index (χ1) is 15.5. The lowest BCUT2D eigenvalue weighted by Crippen LogP contribution is -2.48. The van der Waals surface area contributed by atoms with Crippen LogP contribution in [0.2, 0.25) is 0 Å². The van der Waals surface area contributed by atoms with Gasteiger partial charge in [0.15, 0.2) is 0 Å². The smallest absolute Gasteiger partial charge is 0.234 e. The van der Waals surface area contributed by atoms with E-state index in [0.717, 1.165) is 39.3 Å². The predicted octanol–water partition coefficient (Wildman–Crippen LogP) is 2.82. The van der Waals surface area contributed by atoms with E-state index < -0.39 is 0 Å². The Hall–Kier alpha value is -2.42. The molecular formula is C24H31FN4O2S. The Kier molecular flexibility index (Phi) is 9.52. The third-order valence-corrected chi connectivity index (χ3v) is 6.55. The highest BCUT2D eigenvalue weighted by Crippen LogP contribution is 2.13. The predicted molar refractivity (Wildman–Crippen MR) is 128 cm³/mol. The Bertz CT molecular complexity index is 858. The molecule has 0 bridgehead atoms. The maximum absolute atomic E-state index is 12.9. The molecule has 3 rings (SSSR count). The standard InChI is InChI=1S/C24H31FN4O2S/c1-19(32-18-23(30)27-22-9-7-21(25)8-10-22)24(31)26-11-12-28-13-15-29(16-14-28)17-20-5-3-2-4-6-20/h2-10,19H,11-18H2,1H3,(H,26,31)(H,27,30). The van der Waals surface area contributed by atoms with E-state index >= 15 is 0 Å². The van der Waals surface area contributed by atoms with E-state index in [1.165, 1.54) is 41.6 Å². The molecule has 32 heavy (non-hydrogen) atoms. The molecule has 0 radical (unpaired) electrons. The van der Waals surface area contributed by atoms with Crippen LogP contribution >= 0.6 is 11.8 Å². The molecule has 1 heterocycles. The molecule has 172 valence electrons. The lowest BCUT2D eigenvalue weighted by Gasteiger charge is -2.34. The summed E-state index contributed by atoms with van der Waals surface area (Å²) in [4.78, 5) is 29.2. The highest BCUT2D eigenvalue weighted by Gasteiger charge is 2.18. The highest BCUT2D eigenvalue weighted by molar-refractivity contribution is 8.01. The lowest BCUT2D eigenvalue weighted by molar-refractivity contribution is -0.120. The second-order valence-corrected chi connectivity index (χ2v) is 9.23. The van der Waals surface area contributed by atoms with Gasteiger partial charge in [0.1, 0.15) is 5.82 Å². The fourth-order valence-electron chi connectivity index (χ4n) is 3.50. The fraction of sp³-hybridized carbons (Fsp3) is 0.417. The Morgan fingerprint density at radius 3 is 2.34 bits per heavy atom. The molecule has 1 saturated heterocycles. The van der Waals surface area contributed by atoms with Crippen molar-refractivity contribution in [3.05, 3.63) is 66.0 Å². The molecule has 2 aromatic rings. The molecule has 1 atom stereocenters. The van der Waals surface area contributed by atoms with Gasteiger partial charge in [0.05, 0.1) is 11.0 Å². The number of carbonyl (C=O) groups is 2. The Morgan fingerprint density at radius 1 is 1.00 bits per heavy atom. The number of rotatable bonds is 10. The van der Waals surface area contributed by atoms with E-state index in [1.807, 2.05) is 6.07 Å². The largest absolute Gasteiger partial charge is 0.354 e. The summed E-state index contributed by atoms with van der Waals surface area (Å²) in [5.74, 6) is -0.464. The van der Waals surface area contributed by atoms with Crippen LogP contribution in [0, 0.1) is 5.82 Å². The van der Waals surface area contributed by atoms with Crippen LogP contribution in [-0.2, 0) is 16.1 Å². The van der Waals surface area contributed by atoms with E-state index in [4.69, 9.17) is 0 Å². The highest BCUT2D eigenvalue weighted by atomic mass is 32.2. The van der Waals surface area contributed by atoms with Crippen molar-refractivity contribution in [1.29, 1.82) is 0 Å². The number of halogens is 1. The monoisotopic (exact) mass is 458 g/mol. The molecule has 8 heteroatoms. The van der Waals surface area contributed by atoms with Crippen LogP contribution in [0.5, 0.6) is 0 Å². The van der Waals surface area contributed by atoms with Crippen molar-refractivity contribution in [1.82, 2.24) is 15.1 Å². The molecule has 1 fully saturated rings. The van der Waals surface area contributed by atoms with Crippen molar-refractivity contribution >= 4 is 29.3 Å². The number of carbonyl (C=O) groups excluding carboxylic acids is 2. The molecule has 2 aromatic carbocycles. The van der Waals surface area contributed by atoms with Gasteiger partial charge in [-0.25, -0.2) is 4.39 Å². The number of anilines is 1. The van der Waals surface area contributed by atoms with Crippen molar-refractivity contribution in [2.75, 3.05) is 50.3 Å². The first-order valence-electron chi connectivity index (χ1n) is 10.9. The number of nitrogens with zero attached hydrogens (tertiary/aromatic N) is 2. The quantitative estimate of drug-likeness (QED) is 0.573. The maximum Gasteiger partial charge on any atom is 0.234 e. The van der Waals surface area contributed by atoms with Crippen LogP contribution in [0.15, 0.2) is 54.6 Å². The second kappa shape index (κ2) is 12.6. The number of hydrogen-bond acceptors (Lipinski definition) is 5. The van der Waals surface area contributed by atoms with Crippen LogP contribution in [0.25, 0.3) is 0 Å². The molecule has 2 amide bonds. The molecule has 0 saturated carbocycles. The summed E-state index contributed by atoms with van der Waals surface area (Å²) in [6.07, 6.45) is 0. The SMILES string of the molecule is CC(SCC(=O)Nc1ccc(F)cc1)C(=O)NCCN1CCN(Cc2ccccc2)CC1. The summed E-state index contributed by atoms with van der Waals surface area (Å²) in [6.45, 7) is 8.25. The van der Waals surface area contributed by atoms with Crippen LogP contribution in [0.3, 0.4) is 0 Å². The summed E-state index contributed by atoms with van der Waals surface area (Å²) in [7, 11) is 0. The number of amides is 2. The van der Waals surface area contributed by atoms with Gasteiger partial charge >= 0.3 is 0 Å². The first kappa shape index (κ1) is 24.2. The first-order valence-corrected chi connectivity index (χ1v) is 12.0. The second-order valence-electron chi connectivity index (χ2n) is 7.90. The van der Waals surface area contributed by atoms with Gasteiger partial charge in [-0.15, -0.1) is 11.8 Å². The minimum atomic E-state index is -0.350. The lowest BCUT2D eigenvalue weighted by atomic mass is 10.2. The third-order valence-electron chi connectivity index (χ3n) is 5.40. The van der Waals surface area contributed by atoms with Crippen molar-refractivity contribution in [3.63, 3.8) is 0 Å². The molecule has 0 spiro atoms. The summed E-state index contributed by atoms with van der Waals surface area (Å²) in [5.41, 5.74) is 1.88. The van der Waals surface area contributed by atoms with Crippen LogP contribution in [-0.4, -0.2) is 71.9 Å². The van der Waals surface area contributed by atoms with Crippen molar-refractivity contribution in [3.8, 4) is 0 Å². The third kappa shape index (κ3) is 8.26. The molecule has 2 N–H and O–H groups in total.